The van der Waals surface area contributed by atoms with E-state index in [4.69, 9.17) is 0 Å². The molecule has 1 aromatic rings. The number of halogens is 1. The number of hydrogen-bond donors (Lipinski definition) is 1. The molecule has 0 spiro atoms. The Morgan fingerprint density at radius 1 is 1.40 bits per heavy atom. The number of carbonyl (C=O) groups excluding carboxylic acids is 1. The molecule has 1 amide bonds. The fraction of sp³-hybridized carbons (Fsp3) is 0.222. The average Bonchev–Trinajstić information content (AvgIpc) is 2.06. The highest BCUT2D eigenvalue weighted by atomic mass is 79.9. The third-order valence-electron chi connectivity index (χ3n) is 1.71. The van der Waals surface area contributed by atoms with Crippen LogP contribution in [0.1, 0.15) is 15.9 Å². The average molecular weight is 292 g/mol. The molecule has 15 heavy (non-hydrogen) atoms. The van der Waals surface area contributed by atoms with E-state index < -0.39 is 15.9 Å². The van der Waals surface area contributed by atoms with Gasteiger partial charge in [-0.25, -0.2) is 13.1 Å². The van der Waals surface area contributed by atoms with E-state index in [1.807, 2.05) is 11.6 Å². The van der Waals surface area contributed by atoms with E-state index in [-0.39, 0.29) is 0 Å². The molecule has 0 saturated carbocycles. The van der Waals surface area contributed by atoms with E-state index in [1.54, 1.807) is 18.2 Å². The molecule has 0 aromatic heterocycles. The summed E-state index contributed by atoms with van der Waals surface area (Å²) >= 11 is 3.26. The lowest BCUT2D eigenvalue weighted by molar-refractivity contribution is 0.0981. The third-order valence-corrected chi connectivity index (χ3v) is 3.12. The minimum Gasteiger partial charge on any atom is -0.268 e. The zero-order valence-electron chi connectivity index (χ0n) is 8.24. The van der Waals surface area contributed by atoms with Crippen LogP contribution in [-0.2, 0) is 10.0 Å². The zero-order chi connectivity index (χ0) is 11.6. The molecular formula is C9H10BrNO3S. The Balaban J connectivity index is 2.98. The summed E-state index contributed by atoms with van der Waals surface area (Å²) < 4.78 is 24.3. The van der Waals surface area contributed by atoms with E-state index in [0.717, 1.165) is 16.3 Å². The van der Waals surface area contributed by atoms with E-state index in [9.17, 15) is 13.2 Å². The Labute approximate surface area is 96.9 Å². The first-order valence-electron chi connectivity index (χ1n) is 4.08. The molecule has 0 aliphatic rings. The number of nitrogens with one attached hydrogen (secondary N) is 1. The Bertz CT molecular complexity index is 496. The molecule has 0 saturated heterocycles. The van der Waals surface area contributed by atoms with Crippen LogP contribution in [0.2, 0.25) is 0 Å². The molecule has 1 aromatic carbocycles. The van der Waals surface area contributed by atoms with E-state index in [1.165, 1.54) is 0 Å². The first-order valence-corrected chi connectivity index (χ1v) is 6.76. The van der Waals surface area contributed by atoms with Gasteiger partial charge >= 0.3 is 0 Å². The van der Waals surface area contributed by atoms with Crippen molar-refractivity contribution >= 4 is 31.9 Å². The van der Waals surface area contributed by atoms with Gasteiger partial charge in [0.25, 0.3) is 5.91 Å². The fourth-order valence-electron chi connectivity index (χ4n) is 0.961. The van der Waals surface area contributed by atoms with Crippen molar-refractivity contribution in [3.63, 3.8) is 0 Å². The maximum Gasteiger partial charge on any atom is 0.264 e. The number of aryl methyl sites for hydroxylation is 1. The predicted octanol–water partition coefficient (Wildman–Crippen LogP) is 1.45. The Morgan fingerprint density at radius 3 is 2.47 bits per heavy atom. The van der Waals surface area contributed by atoms with Gasteiger partial charge < -0.3 is 0 Å². The SMILES string of the molecule is Cc1ccc(C(=O)NS(C)(=O)=O)cc1Br. The van der Waals surface area contributed by atoms with Gasteiger partial charge in [0, 0.05) is 10.0 Å². The topological polar surface area (TPSA) is 63.2 Å². The molecule has 0 radical (unpaired) electrons. The second kappa shape index (κ2) is 4.32. The smallest absolute Gasteiger partial charge is 0.264 e. The van der Waals surface area contributed by atoms with Gasteiger partial charge in [-0.1, -0.05) is 22.0 Å². The molecule has 1 N–H and O–H groups in total. The van der Waals surface area contributed by atoms with E-state index in [2.05, 4.69) is 15.9 Å². The lowest BCUT2D eigenvalue weighted by Gasteiger charge is -2.04. The minimum absolute atomic E-state index is 0.304. The summed E-state index contributed by atoms with van der Waals surface area (Å²) in [5, 5.41) is 0. The van der Waals surface area contributed by atoms with Crippen molar-refractivity contribution in [3.05, 3.63) is 33.8 Å². The normalized spacial score (nSPS) is 11.1. The first kappa shape index (κ1) is 12.2. The van der Waals surface area contributed by atoms with Crippen LogP contribution in [0.5, 0.6) is 0 Å². The summed E-state index contributed by atoms with van der Waals surface area (Å²) in [5.74, 6) is -0.627. The number of rotatable bonds is 2. The first-order chi connectivity index (χ1) is 6.79. The summed E-state index contributed by atoms with van der Waals surface area (Å²) in [6.45, 7) is 1.88. The summed E-state index contributed by atoms with van der Waals surface area (Å²) in [6, 6.07) is 4.89. The van der Waals surface area contributed by atoms with Gasteiger partial charge in [0.05, 0.1) is 6.26 Å². The lowest BCUT2D eigenvalue weighted by atomic mass is 10.1. The standard InChI is InChI=1S/C9H10BrNO3S/c1-6-3-4-7(5-8(6)10)9(12)11-15(2,13)14/h3-5H,1-2H3,(H,11,12). The lowest BCUT2D eigenvalue weighted by Crippen LogP contribution is -2.29. The van der Waals surface area contributed by atoms with Gasteiger partial charge in [-0.3, -0.25) is 4.79 Å². The van der Waals surface area contributed by atoms with Crippen LogP contribution in [0.25, 0.3) is 0 Å². The summed E-state index contributed by atoms with van der Waals surface area (Å²) in [5.41, 5.74) is 1.28. The number of benzene rings is 1. The van der Waals surface area contributed by atoms with Crippen molar-refractivity contribution in [2.45, 2.75) is 6.92 Å². The molecule has 6 heteroatoms. The van der Waals surface area contributed by atoms with Crippen molar-refractivity contribution in [3.8, 4) is 0 Å². The van der Waals surface area contributed by atoms with Crippen LogP contribution >= 0.6 is 15.9 Å². The van der Waals surface area contributed by atoms with Gasteiger partial charge in [-0.15, -0.1) is 0 Å². The minimum atomic E-state index is -3.51. The molecule has 0 fully saturated rings. The number of carbonyl (C=O) groups is 1. The third kappa shape index (κ3) is 3.64. The molecule has 0 unspecified atom stereocenters. The molecule has 4 nitrogen and oxygen atoms in total. The summed E-state index contributed by atoms with van der Waals surface area (Å²) in [4.78, 5) is 11.4. The second-order valence-corrected chi connectivity index (χ2v) is 5.77. The Morgan fingerprint density at radius 2 is 2.00 bits per heavy atom. The Hall–Kier alpha value is -0.880. The number of hydrogen-bond acceptors (Lipinski definition) is 3. The number of amides is 1. The Kier molecular flexibility index (Phi) is 3.51. The monoisotopic (exact) mass is 291 g/mol. The van der Waals surface area contributed by atoms with E-state index in [0.29, 0.717) is 5.56 Å². The highest BCUT2D eigenvalue weighted by molar-refractivity contribution is 9.10. The van der Waals surface area contributed by atoms with Gasteiger partial charge in [0.15, 0.2) is 0 Å². The highest BCUT2D eigenvalue weighted by Gasteiger charge is 2.11. The van der Waals surface area contributed by atoms with Crippen LogP contribution < -0.4 is 4.72 Å². The molecule has 0 bridgehead atoms. The predicted molar refractivity (Wildman–Crippen MR) is 61.2 cm³/mol. The molecule has 82 valence electrons. The van der Waals surface area contributed by atoms with E-state index >= 15 is 0 Å². The van der Waals surface area contributed by atoms with Crippen molar-refractivity contribution in [1.82, 2.24) is 4.72 Å². The number of sulfonamides is 1. The fourth-order valence-corrected chi connectivity index (χ4v) is 1.79. The van der Waals surface area contributed by atoms with Crippen molar-refractivity contribution in [2.24, 2.45) is 0 Å². The van der Waals surface area contributed by atoms with Gasteiger partial charge in [0.1, 0.15) is 0 Å². The van der Waals surface area contributed by atoms with Crippen LogP contribution in [-0.4, -0.2) is 20.6 Å². The summed E-state index contributed by atoms with van der Waals surface area (Å²) in [6.07, 6.45) is 0.939. The quantitative estimate of drug-likeness (QED) is 0.897. The van der Waals surface area contributed by atoms with Crippen LogP contribution in [0.3, 0.4) is 0 Å². The second-order valence-electron chi connectivity index (χ2n) is 3.17. The van der Waals surface area contributed by atoms with Crippen LogP contribution in [0, 0.1) is 6.92 Å². The van der Waals surface area contributed by atoms with Crippen molar-refractivity contribution in [1.29, 1.82) is 0 Å². The maximum absolute atomic E-state index is 11.4. The highest BCUT2D eigenvalue weighted by Crippen LogP contribution is 2.17. The van der Waals surface area contributed by atoms with Gasteiger partial charge in [-0.05, 0) is 24.6 Å². The molecule has 1 rings (SSSR count). The zero-order valence-corrected chi connectivity index (χ0v) is 10.6. The van der Waals surface area contributed by atoms with Gasteiger partial charge in [-0.2, -0.15) is 0 Å². The molecule has 0 heterocycles. The molecular weight excluding hydrogens is 282 g/mol. The summed E-state index contributed by atoms with van der Waals surface area (Å²) in [7, 11) is -3.51. The molecule has 0 aliphatic carbocycles. The molecule has 0 atom stereocenters. The van der Waals surface area contributed by atoms with Crippen LogP contribution in [0.15, 0.2) is 22.7 Å². The van der Waals surface area contributed by atoms with Crippen molar-refractivity contribution in [2.75, 3.05) is 6.26 Å². The van der Waals surface area contributed by atoms with Crippen LogP contribution in [0.4, 0.5) is 0 Å². The van der Waals surface area contributed by atoms with Crippen molar-refractivity contribution < 1.29 is 13.2 Å². The molecule has 0 aliphatic heterocycles. The maximum atomic E-state index is 11.4. The van der Waals surface area contributed by atoms with Gasteiger partial charge in [0.2, 0.25) is 10.0 Å². The largest absolute Gasteiger partial charge is 0.268 e.